The van der Waals surface area contributed by atoms with Crippen LogP contribution >= 0.6 is 0 Å². The van der Waals surface area contributed by atoms with Crippen LogP contribution in [-0.4, -0.2) is 52.6 Å². The third kappa shape index (κ3) is 12.4. The first-order chi connectivity index (χ1) is 13.3. The van der Waals surface area contributed by atoms with Crippen molar-refractivity contribution in [2.24, 2.45) is 4.99 Å². The number of rotatable bonds is 15. The molecular weight excluding hydrogens is 342 g/mol. The van der Waals surface area contributed by atoms with Gasteiger partial charge in [0.25, 0.3) is 0 Å². The highest BCUT2D eigenvalue weighted by Crippen LogP contribution is 2.06. The zero-order chi connectivity index (χ0) is 19.6. The Bertz CT molecular complexity index is 509. The van der Waals surface area contributed by atoms with E-state index < -0.39 is 0 Å². The zero-order valence-corrected chi connectivity index (χ0v) is 17.3. The van der Waals surface area contributed by atoms with E-state index in [0.717, 1.165) is 57.3 Å². The number of unbranched alkanes of at least 4 members (excludes halogenated alkanes) is 1. The highest BCUT2D eigenvalue weighted by molar-refractivity contribution is 5.79. The Kier molecular flexibility index (Phi) is 14.3. The highest BCUT2D eigenvalue weighted by Gasteiger charge is 2.00. The number of guanidine groups is 1. The predicted octanol–water partition coefficient (Wildman–Crippen LogP) is 3.11. The van der Waals surface area contributed by atoms with E-state index in [1.54, 1.807) is 7.05 Å². The minimum atomic E-state index is 0.603. The van der Waals surface area contributed by atoms with Gasteiger partial charge in [-0.3, -0.25) is 4.99 Å². The number of nitrogens with one attached hydrogen (secondary N) is 2. The normalized spacial score (nSPS) is 11.6. The van der Waals surface area contributed by atoms with E-state index in [2.05, 4.69) is 46.8 Å². The van der Waals surface area contributed by atoms with Gasteiger partial charge in [-0.05, 0) is 30.9 Å². The average molecular weight is 380 g/mol. The molecule has 0 unspecified atom stereocenters. The fourth-order valence-electron chi connectivity index (χ4n) is 2.42. The first-order valence-electron chi connectivity index (χ1n) is 10.1. The van der Waals surface area contributed by atoms with Crippen molar-refractivity contribution in [2.45, 2.75) is 46.3 Å². The molecule has 0 atom stereocenters. The van der Waals surface area contributed by atoms with Crippen molar-refractivity contribution in [1.82, 2.24) is 10.6 Å². The second kappa shape index (κ2) is 16.5. The van der Waals surface area contributed by atoms with Gasteiger partial charge in [-0.1, -0.05) is 37.6 Å². The molecule has 6 nitrogen and oxygen atoms in total. The molecule has 0 saturated heterocycles. The van der Waals surface area contributed by atoms with Crippen molar-refractivity contribution in [2.75, 3.05) is 46.6 Å². The van der Waals surface area contributed by atoms with Gasteiger partial charge < -0.3 is 24.8 Å². The van der Waals surface area contributed by atoms with Crippen LogP contribution < -0.4 is 10.6 Å². The highest BCUT2D eigenvalue weighted by atomic mass is 16.5. The van der Waals surface area contributed by atoms with E-state index >= 15 is 0 Å². The maximum Gasteiger partial charge on any atom is 0.191 e. The van der Waals surface area contributed by atoms with Gasteiger partial charge in [0, 0.05) is 40.0 Å². The molecule has 1 aromatic carbocycles. The maximum atomic E-state index is 5.63. The first kappa shape index (κ1) is 23.4. The summed E-state index contributed by atoms with van der Waals surface area (Å²) in [4.78, 5) is 4.27. The summed E-state index contributed by atoms with van der Waals surface area (Å²) >= 11 is 0. The molecule has 0 amide bonds. The van der Waals surface area contributed by atoms with Gasteiger partial charge in [-0.25, -0.2) is 0 Å². The van der Waals surface area contributed by atoms with Crippen molar-refractivity contribution < 1.29 is 14.2 Å². The Balaban J connectivity index is 2.23. The van der Waals surface area contributed by atoms with E-state index in [1.165, 1.54) is 12.0 Å². The minimum Gasteiger partial charge on any atom is -0.381 e. The standard InChI is InChI=1S/C21H37N3O3/c1-4-6-12-26-13-8-11-23-21(22-3)24-17-19-9-7-10-20(16-19)18-27-15-14-25-5-2/h7,9-10,16H,4-6,8,11-15,17-18H2,1-3H3,(H2,22,23,24). The number of hydrogen-bond acceptors (Lipinski definition) is 4. The summed E-state index contributed by atoms with van der Waals surface area (Å²) in [6.07, 6.45) is 3.28. The largest absolute Gasteiger partial charge is 0.381 e. The second-order valence-corrected chi connectivity index (χ2v) is 6.24. The smallest absolute Gasteiger partial charge is 0.191 e. The lowest BCUT2D eigenvalue weighted by molar-refractivity contribution is 0.0453. The molecule has 154 valence electrons. The summed E-state index contributed by atoms with van der Waals surface area (Å²) in [5.41, 5.74) is 2.37. The van der Waals surface area contributed by atoms with E-state index in [0.29, 0.717) is 19.8 Å². The fourth-order valence-corrected chi connectivity index (χ4v) is 2.42. The van der Waals surface area contributed by atoms with Gasteiger partial charge >= 0.3 is 0 Å². The van der Waals surface area contributed by atoms with Crippen LogP contribution in [0.15, 0.2) is 29.3 Å². The molecule has 0 aliphatic carbocycles. The molecular formula is C21H37N3O3. The predicted molar refractivity (Wildman–Crippen MR) is 111 cm³/mol. The minimum absolute atomic E-state index is 0.603. The van der Waals surface area contributed by atoms with E-state index in [-0.39, 0.29) is 0 Å². The molecule has 1 aromatic rings. The van der Waals surface area contributed by atoms with Crippen LogP contribution in [0, 0.1) is 0 Å². The molecule has 0 heterocycles. The number of nitrogens with zero attached hydrogens (tertiary/aromatic N) is 1. The van der Waals surface area contributed by atoms with Crippen molar-refractivity contribution in [1.29, 1.82) is 0 Å². The Morgan fingerprint density at radius 3 is 2.48 bits per heavy atom. The van der Waals surface area contributed by atoms with Crippen LogP contribution in [0.1, 0.15) is 44.2 Å². The fraction of sp³-hybridized carbons (Fsp3) is 0.667. The Hall–Kier alpha value is -1.63. The molecule has 0 saturated carbocycles. The number of ether oxygens (including phenoxy) is 3. The number of benzene rings is 1. The number of aliphatic imine (C=N–C) groups is 1. The van der Waals surface area contributed by atoms with E-state index in [9.17, 15) is 0 Å². The third-order valence-corrected chi connectivity index (χ3v) is 3.92. The summed E-state index contributed by atoms with van der Waals surface area (Å²) in [5.74, 6) is 0.807. The Labute approximate surface area is 164 Å². The molecule has 0 aromatic heterocycles. The van der Waals surface area contributed by atoms with Gasteiger partial charge in [0.15, 0.2) is 5.96 Å². The molecule has 0 aliphatic heterocycles. The molecule has 0 aliphatic rings. The van der Waals surface area contributed by atoms with Gasteiger partial charge in [0.2, 0.25) is 0 Å². The monoisotopic (exact) mass is 379 g/mol. The molecule has 0 radical (unpaired) electrons. The lowest BCUT2D eigenvalue weighted by Gasteiger charge is -2.13. The van der Waals surface area contributed by atoms with Crippen LogP contribution in [0.5, 0.6) is 0 Å². The summed E-state index contributed by atoms with van der Waals surface area (Å²) < 4.78 is 16.5. The third-order valence-electron chi connectivity index (χ3n) is 3.92. The van der Waals surface area contributed by atoms with Gasteiger partial charge in [-0.2, -0.15) is 0 Å². The van der Waals surface area contributed by atoms with Crippen molar-refractivity contribution >= 4 is 5.96 Å². The molecule has 0 spiro atoms. The van der Waals surface area contributed by atoms with Crippen LogP contribution in [-0.2, 0) is 27.4 Å². The van der Waals surface area contributed by atoms with Crippen molar-refractivity contribution in [3.63, 3.8) is 0 Å². The molecule has 2 N–H and O–H groups in total. The van der Waals surface area contributed by atoms with Gasteiger partial charge in [-0.15, -0.1) is 0 Å². The zero-order valence-electron chi connectivity index (χ0n) is 17.3. The molecule has 1 rings (SSSR count). The molecule has 0 bridgehead atoms. The summed E-state index contributed by atoms with van der Waals surface area (Å²) in [6.45, 7) is 9.96. The van der Waals surface area contributed by atoms with Crippen LogP contribution in [0.4, 0.5) is 0 Å². The molecule has 6 heteroatoms. The lowest BCUT2D eigenvalue weighted by atomic mass is 10.1. The second-order valence-electron chi connectivity index (χ2n) is 6.24. The van der Waals surface area contributed by atoms with Crippen LogP contribution in [0.25, 0.3) is 0 Å². The number of hydrogen-bond donors (Lipinski definition) is 2. The average Bonchev–Trinajstić information content (AvgIpc) is 2.69. The SMILES string of the molecule is CCCCOCCCNC(=NC)NCc1cccc(COCCOCC)c1. The first-order valence-corrected chi connectivity index (χ1v) is 10.1. The van der Waals surface area contributed by atoms with Crippen molar-refractivity contribution in [3.05, 3.63) is 35.4 Å². The van der Waals surface area contributed by atoms with Crippen LogP contribution in [0.3, 0.4) is 0 Å². The van der Waals surface area contributed by atoms with E-state index in [1.807, 2.05) is 6.92 Å². The summed E-state index contributed by atoms with van der Waals surface area (Å²) in [5, 5.41) is 6.66. The lowest BCUT2D eigenvalue weighted by Crippen LogP contribution is -2.37. The summed E-state index contributed by atoms with van der Waals surface area (Å²) in [7, 11) is 1.79. The van der Waals surface area contributed by atoms with Gasteiger partial charge in [0.05, 0.1) is 19.8 Å². The molecule has 0 fully saturated rings. The Morgan fingerprint density at radius 1 is 0.926 bits per heavy atom. The summed E-state index contributed by atoms with van der Waals surface area (Å²) in [6, 6.07) is 8.39. The maximum absolute atomic E-state index is 5.63. The van der Waals surface area contributed by atoms with Gasteiger partial charge in [0.1, 0.15) is 0 Å². The topological polar surface area (TPSA) is 64.1 Å². The molecule has 27 heavy (non-hydrogen) atoms. The Morgan fingerprint density at radius 2 is 1.70 bits per heavy atom. The van der Waals surface area contributed by atoms with Crippen molar-refractivity contribution in [3.8, 4) is 0 Å². The van der Waals surface area contributed by atoms with Crippen LogP contribution in [0.2, 0.25) is 0 Å². The van der Waals surface area contributed by atoms with E-state index in [4.69, 9.17) is 14.2 Å². The quantitative estimate of drug-likeness (QED) is 0.278.